The van der Waals surface area contributed by atoms with Crippen LogP contribution in [0.1, 0.15) is 17.3 Å². The number of nitrogens with zero attached hydrogens (tertiary/aromatic N) is 4. The Bertz CT molecular complexity index is 695. The van der Waals surface area contributed by atoms with E-state index in [4.69, 9.17) is 14.0 Å². The van der Waals surface area contributed by atoms with Gasteiger partial charge in [0.1, 0.15) is 13.2 Å². The minimum atomic E-state index is 0.629. The van der Waals surface area contributed by atoms with Crippen molar-refractivity contribution in [3.05, 3.63) is 35.5 Å². The maximum atomic E-state index is 5.66. The normalized spacial score (nSPS) is 18.7. The minimum Gasteiger partial charge on any atom is -0.486 e. The van der Waals surface area contributed by atoms with Gasteiger partial charge in [-0.1, -0.05) is 11.2 Å². The van der Waals surface area contributed by atoms with Gasteiger partial charge in [-0.3, -0.25) is 9.80 Å². The number of aromatic nitrogens is 2. The van der Waals surface area contributed by atoms with Gasteiger partial charge >= 0.3 is 0 Å². The summed E-state index contributed by atoms with van der Waals surface area (Å²) in [5.41, 5.74) is 1.26. The zero-order valence-corrected chi connectivity index (χ0v) is 13.9. The van der Waals surface area contributed by atoms with Crippen molar-refractivity contribution < 1.29 is 14.0 Å². The molecule has 1 saturated heterocycles. The molecule has 7 nitrogen and oxygen atoms in total. The highest BCUT2D eigenvalue weighted by molar-refractivity contribution is 5.43. The van der Waals surface area contributed by atoms with Crippen LogP contribution in [0.5, 0.6) is 11.5 Å². The van der Waals surface area contributed by atoms with Gasteiger partial charge in [-0.25, -0.2) is 0 Å². The van der Waals surface area contributed by atoms with Crippen LogP contribution in [-0.2, 0) is 13.1 Å². The van der Waals surface area contributed by atoms with Crippen LogP contribution in [0, 0.1) is 6.92 Å². The molecule has 1 aromatic carbocycles. The van der Waals surface area contributed by atoms with Crippen molar-refractivity contribution in [3.63, 3.8) is 0 Å². The van der Waals surface area contributed by atoms with E-state index < -0.39 is 0 Å². The molecule has 0 atom stereocenters. The Morgan fingerprint density at radius 3 is 2.38 bits per heavy atom. The summed E-state index contributed by atoms with van der Waals surface area (Å²) in [5.74, 6) is 3.11. The van der Waals surface area contributed by atoms with Crippen molar-refractivity contribution in [1.82, 2.24) is 19.9 Å². The Balaban J connectivity index is 1.30. The molecule has 0 spiro atoms. The van der Waals surface area contributed by atoms with Gasteiger partial charge in [0, 0.05) is 32.7 Å². The van der Waals surface area contributed by atoms with Crippen LogP contribution >= 0.6 is 0 Å². The predicted octanol–water partition coefficient (Wildman–Crippen LogP) is 1.47. The van der Waals surface area contributed by atoms with Crippen molar-refractivity contribution in [1.29, 1.82) is 0 Å². The van der Waals surface area contributed by atoms with E-state index in [-0.39, 0.29) is 0 Å². The quantitative estimate of drug-likeness (QED) is 0.841. The number of benzene rings is 1. The van der Waals surface area contributed by atoms with Gasteiger partial charge in [0.25, 0.3) is 0 Å². The summed E-state index contributed by atoms with van der Waals surface area (Å²) in [6.45, 7) is 8.85. The highest BCUT2D eigenvalue weighted by Gasteiger charge is 2.20. The second-order valence-electron chi connectivity index (χ2n) is 6.27. The molecule has 0 amide bonds. The first kappa shape index (κ1) is 15.4. The number of fused-ring (bicyclic) bond motifs is 1. The predicted molar refractivity (Wildman–Crippen MR) is 87.0 cm³/mol. The second kappa shape index (κ2) is 6.78. The number of piperazine rings is 1. The molecule has 0 radical (unpaired) electrons. The van der Waals surface area contributed by atoms with Gasteiger partial charge in [0.2, 0.25) is 5.89 Å². The lowest BCUT2D eigenvalue weighted by Crippen LogP contribution is -2.45. The molecular weight excluding hydrogens is 308 g/mol. The van der Waals surface area contributed by atoms with Gasteiger partial charge in [-0.05, 0) is 24.6 Å². The fraction of sp³-hybridized carbons (Fsp3) is 0.529. The highest BCUT2D eigenvalue weighted by atomic mass is 16.6. The summed E-state index contributed by atoms with van der Waals surface area (Å²) in [6.07, 6.45) is 0. The Hall–Kier alpha value is -2.12. The lowest BCUT2D eigenvalue weighted by Gasteiger charge is -2.34. The Morgan fingerprint density at radius 1 is 0.958 bits per heavy atom. The number of ether oxygens (including phenoxy) is 2. The van der Waals surface area contributed by atoms with Crippen molar-refractivity contribution >= 4 is 0 Å². The summed E-state index contributed by atoms with van der Waals surface area (Å²) >= 11 is 0. The largest absolute Gasteiger partial charge is 0.486 e. The van der Waals surface area contributed by atoms with Crippen molar-refractivity contribution in [2.45, 2.75) is 20.0 Å². The van der Waals surface area contributed by atoms with E-state index in [9.17, 15) is 0 Å². The summed E-state index contributed by atoms with van der Waals surface area (Å²) in [4.78, 5) is 9.09. The molecule has 0 N–H and O–H groups in total. The van der Waals surface area contributed by atoms with E-state index in [0.29, 0.717) is 24.9 Å². The zero-order chi connectivity index (χ0) is 16.4. The van der Waals surface area contributed by atoms with E-state index in [1.807, 2.05) is 13.0 Å². The monoisotopic (exact) mass is 330 g/mol. The lowest BCUT2D eigenvalue weighted by molar-refractivity contribution is 0.112. The van der Waals surface area contributed by atoms with Crippen LogP contribution in [0.4, 0.5) is 0 Å². The molecule has 24 heavy (non-hydrogen) atoms. The first-order chi connectivity index (χ1) is 11.8. The molecule has 1 fully saturated rings. The number of hydrogen-bond donors (Lipinski definition) is 0. The molecule has 2 aliphatic rings. The molecular formula is C17H22N4O3. The van der Waals surface area contributed by atoms with Crippen LogP contribution < -0.4 is 9.47 Å². The van der Waals surface area contributed by atoms with E-state index in [1.165, 1.54) is 5.56 Å². The fourth-order valence-corrected chi connectivity index (χ4v) is 3.15. The average molecular weight is 330 g/mol. The van der Waals surface area contributed by atoms with Gasteiger partial charge in [0.15, 0.2) is 17.3 Å². The third-order valence-electron chi connectivity index (χ3n) is 4.41. The van der Waals surface area contributed by atoms with E-state index in [0.717, 1.165) is 50.8 Å². The van der Waals surface area contributed by atoms with Crippen molar-refractivity contribution in [3.8, 4) is 11.5 Å². The molecule has 2 aliphatic heterocycles. The average Bonchev–Trinajstić information content (AvgIpc) is 3.01. The molecule has 0 aliphatic carbocycles. The highest BCUT2D eigenvalue weighted by Crippen LogP contribution is 2.31. The first-order valence-corrected chi connectivity index (χ1v) is 8.39. The van der Waals surface area contributed by atoms with E-state index in [2.05, 4.69) is 32.1 Å². The summed E-state index contributed by atoms with van der Waals surface area (Å²) in [6, 6.07) is 6.24. The Labute approximate surface area is 141 Å². The zero-order valence-electron chi connectivity index (χ0n) is 13.9. The van der Waals surface area contributed by atoms with Gasteiger partial charge < -0.3 is 14.0 Å². The maximum Gasteiger partial charge on any atom is 0.240 e. The Morgan fingerprint density at radius 2 is 1.67 bits per heavy atom. The van der Waals surface area contributed by atoms with Gasteiger partial charge in [0.05, 0.1) is 6.54 Å². The van der Waals surface area contributed by atoms with Crippen molar-refractivity contribution in [2.24, 2.45) is 0 Å². The van der Waals surface area contributed by atoms with Crippen LogP contribution in [0.3, 0.4) is 0 Å². The van der Waals surface area contributed by atoms with Crippen LogP contribution in [0.25, 0.3) is 0 Å². The number of rotatable bonds is 4. The summed E-state index contributed by atoms with van der Waals surface area (Å²) < 4.78 is 16.4. The maximum absolute atomic E-state index is 5.66. The number of hydrogen-bond acceptors (Lipinski definition) is 7. The molecule has 3 heterocycles. The molecule has 128 valence electrons. The molecule has 7 heteroatoms. The van der Waals surface area contributed by atoms with E-state index in [1.54, 1.807) is 0 Å². The molecule has 1 aromatic heterocycles. The molecule has 0 bridgehead atoms. The third-order valence-corrected chi connectivity index (χ3v) is 4.41. The van der Waals surface area contributed by atoms with E-state index >= 15 is 0 Å². The van der Waals surface area contributed by atoms with Crippen LogP contribution in [-0.4, -0.2) is 59.3 Å². The molecule has 0 unspecified atom stereocenters. The second-order valence-corrected chi connectivity index (χ2v) is 6.27. The van der Waals surface area contributed by atoms with Crippen LogP contribution in [0.2, 0.25) is 0 Å². The van der Waals surface area contributed by atoms with Gasteiger partial charge in [-0.2, -0.15) is 4.98 Å². The SMILES string of the molecule is Cc1noc(CN2CCN(Cc3ccc4c(c3)OCCO4)CC2)n1. The van der Waals surface area contributed by atoms with Crippen molar-refractivity contribution in [2.75, 3.05) is 39.4 Å². The lowest BCUT2D eigenvalue weighted by atomic mass is 10.1. The fourth-order valence-electron chi connectivity index (χ4n) is 3.15. The smallest absolute Gasteiger partial charge is 0.240 e. The first-order valence-electron chi connectivity index (χ1n) is 8.39. The molecule has 2 aromatic rings. The summed E-state index contributed by atoms with van der Waals surface area (Å²) in [5, 5.41) is 3.84. The number of aryl methyl sites for hydroxylation is 1. The molecule has 0 saturated carbocycles. The van der Waals surface area contributed by atoms with Gasteiger partial charge in [-0.15, -0.1) is 0 Å². The minimum absolute atomic E-state index is 0.629. The topological polar surface area (TPSA) is 63.9 Å². The van der Waals surface area contributed by atoms with Crippen LogP contribution in [0.15, 0.2) is 22.7 Å². The standard InChI is InChI=1S/C17H22N4O3/c1-13-18-17(24-19-13)12-21-6-4-20(5-7-21)11-14-2-3-15-16(10-14)23-9-8-22-15/h2-3,10H,4-9,11-12H2,1H3. The molecule has 4 rings (SSSR count). The third kappa shape index (κ3) is 3.52. The summed E-state index contributed by atoms with van der Waals surface area (Å²) in [7, 11) is 0. The Kier molecular flexibility index (Phi) is 4.36.